The minimum atomic E-state index is -3.98. The number of aliphatic hydroxyl groups is 1. The molecular formula is C30H28F4N4O4S. The summed E-state index contributed by atoms with van der Waals surface area (Å²) in [6.45, 7) is -0.588. The van der Waals surface area contributed by atoms with Crippen LogP contribution in [0.2, 0.25) is 0 Å². The molecule has 4 aromatic rings. The molecule has 226 valence electrons. The van der Waals surface area contributed by atoms with Crippen LogP contribution in [0, 0.1) is 23.3 Å². The summed E-state index contributed by atoms with van der Waals surface area (Å²) in [6, 6.07) is 12.6. The second-order valence-corrected chi connectivity index (χ2v) is 11.5. The fourth-order valence-corrected chi connectivity index (χ4v) is 5.90. The molecule has 0 unspecified atom stereocenters. The second-order valence-electron chi connectivity index (χ2n) is 9.75. The molecule has 0 aliphatic carbocycles. The molecule has 4 rings (SSSR count). The van der Waals surface area contributed by atoms with Gasteiger partial charge in [-0.3, -0.25) is 9.78 Å². The third kappa shape index (κ3) is 8.02. The van der Waals surface area contributed by atoms with Crippen molar-refractivity contribution in [1.82, 2.24) is 9.71 Å². The number of nitrogens with zero attached hydrogens (tertiary/aromatic N) is 1. The Balaban J connectivity index is 1.56. The van der Waals surface area contributed by atoms with Gasteiger partial charge in [0.05, 0.1) is 35.6 Å². The smallest absolute Gasteiger partial charge is 0.242 e. The molecular weight excluding hydrogens is 588 g/mol. The number of nitrogens with one attached hydrogen (secondary N) is 2. The van der Waals surface area contributed by atoms with Crippen LogP contribution < -0.4 is 15.8 Å². The van der Waals surface area contributed by atoms with Crippen LogP contribution in [0.3, 0.4) is 0 Å². The average Bonchev–Trinajstić information content (AvgIpc) is 2.97. The van der Waals surface area contributed by atoms with Crippen LogP contribution >= 0.6 is 0 Å². The lowest BCUT2D eigenvalue weighted by atomic mass is 9.84. The summed E-state index contributed by atoms with van der Waals surface area (Å²) in [6.07, 6.45) is 1.89. The molecule has 1 amide bonds. The molecule has 3 aromatic carbocycles. The summed E-state index contributed by atoms with van der Waals surface area (Å²) in [4.78, 5) is 17.1. The zero-order chi connectivity index (χ0) is 31.1. The fourth-order valence-electron chi connectivity index (χ4n) is 4.62. The Morgan fingerprint density at radius 3 is 2.16 bits per heavy atom. The van der Waals surface area contributed by atoms with Crippen LogP contribution in [0.4, 0.5) is 23.2 Å². The standard InChI is InChI=1S/C30H28F4N4O4S/c31-20-8-6-18(7-9-20)28(19-12-21(32)14-22(33)13-19)29(35)30(40)37-27-16-36-15-26(34)25(27)11-10-23(17-39)38-43(41,42)24-4-2-1-3-5-24/h1-9,12-16,23,28-29,38-39H,10-11,17,35H2,(H,37,40)/t23-,28-,29-/m0/s1. The number of amides is 1. The first kappa shape index (κ1) is 31.8. The highest BCUT2D eigenvalue weighted by Gasteiger charge is 2.30. The lowest BCUT2D eigenvalue weighted by Crippen LogP contribution is -2.41. The molecule has 13 heteroatoms. The Morgan fingerprint density at radius 2 is 1.53 bits per heavy atom. The predicted octanol–water partition coefficient (Wildman–Crippen LogP) is 4.01. The number of halogens is 4. The summed E-state index contributed by atoms with van der Waals surface area (Å²) in [7, 11) is -3.98. The highest BCUT2D eigenvalue weighted by atomic mass is 32.2. The zero-order valence-electron chi connectivity index (χ0n) is 22.6. The number of sulfonamides is 1. The van der Waals surface area contributed by atoms with Gasteiger partial charge in [-0.05, 0) is 60.4 Å². The second kappa shape index (κ2) is 13.9. The Kier molecular flexibility index (Phi) is 10.2. The average molecular weight is 617 g/mol. The minimum Gasteiger partial charge on any atom is -0.395 e. The van der Waals surface area contributed by atoms with Gasteiger partial charge in [0, 0.05) is 23.6 Å². The van der Waals surface area contributed by atoms with Gasteiger partial charge < -0.3 is 16.2 Å². The van der Waals surface area contributed by atoms with Gasteiger partial charge in [-0.2, -0.15) is 0 Å². The van der Waals surface area contributed by atoms with E-state index in [-0.39, 0.29) is 34.6 Å². The molecule has 0 aliphatic heterocycles. The fraction of sp³-hybridized carbons (Fsp3) is 0.200. The number of aliphatic hydroxyl groups excluding tert-OH is 1. The normalized spacial score (nSPS) is 13.7. The number of anilines is 1. The molecule has 0 spiro atoms. The minimum absolute atomic E-state index is 0.0145. The third-order valence-corrected chi connectivity index (χ3v) is 8.27. The first-order valence-corrected chi connectivity index (χ1v) is 14.6. The molecule has 0 radical (unpaired) electrons. The molecule has 1 heterocycles. The summed E-state index contributed by atoms with van der Waals surface area (Å²) in [5.41, 5.74) is 6.49. The molecule has 1 aromatic heterocycles. The Morgan fingerprint density at radius 1 is 0.884 bits per heavy atom. The monoisotopic (exact) mass is 616 g/mol. The highest BCUT2D eigenvalue weighted by molar-refractivity contribution is 7.89. The van der Waals surface area contributed by atoms with Gasteiger partial charge in [-0.25, -0.2) is 30.7 Å². The third-order valence-electron chi connectivity index (χ3n) is 6.74. The van der Waals surface area contributed by atoms with Crippen molar-refractivity contribution in [2.24, 2.45) is 5.73 Å². The van der Waals surface area contributed by atoms with E-state index in [1.165, 1.54) is 30.5 Å². The van der Waals surface area contributed by atoms with Gasteiger partial charge >= 0.3 is 0 Å². The first-order valence-electron chi connectivity index (χ1n) is 13.1. The Hall–Kier alpha value is -4.17. The number of nitrogens with two attached hydrogens (primary N) is 1. The maximum Gasteiger partial charge on any atom is 0.242 e. The number of aromatic nitrogens is 1. The van der Waals surface area contributed by atoms with Crippen molar-refractivity contribution in [3.05, 3.63) is 125 Å². The number of carbonyl (C=O) groups excluding carboxylic acids is 1. The van der Waals surface area contributed by atoms with Gasteiger partial charge in [0.25, 0.3) is 0 Å². The molecule has 0 aliphatic rings. The van der Waals surface area contributed by atoms with E-state index in [0.29, 0.717) is 11.6 Å². The van der Waals surface area contributed by atoms with E-state index >= 15 is 0 Å². The molecule has 8 nitrogen and oxygen atoms in total. The first-order chi connectivity index (χ1) is 20.5. The molecule has 3 atom stereocenters. The van der Waals surface area contributed by atoms with Crippen molar-refractivity contribution in [1.29, 1.82) is 0 Å². The van der Waals surface area contributed by atoms with Gasteiger partial charge in [0.2, 0.25) is 15.9 Å². The van der Waals surface area contributed by atoms with Crippen LogP contribution in [0.5, 0.6) is 0 Å². The quantitative estimate of drug-likeness (QED) is 0.178. The predicted molar refractivity (Wildman–Crippen MR) is 151 cm³/mol. The zero-order valence-corrected chi connectivity index (χ0v) is 23.4. The molecule has 0 saturated heterocycles. The number of rotatable bonds is 12. The van der Waals surface area contributed by atoms with Crippen LogP contribution in [0.25, 0.3) is 0 Å². The van der Waals surface area contributed by atoms with E-state index in [1.807, 2.05) is 0 Å². The Bertz CT molecular complexity index is 1660. The number of hydrogen-bond acceptors (Lipinski definition) is 6. The van der Waals surface area contributed by atoms with E-state index in [0.717, 1.165) is 30.5 Å². The maximum atomic E-state index is 14.9. The van der Waals surface area contributed by atoms with Crippen LogP contribution in [0.1, 0.15) is 29.0 Å². The molecule has 0 bridgehead atoms. The lowest BCUT2D eigenvalue weighted by Gasteiger charge is -2.25. The van der Waals surface area contributed by atoms with E-state index in [1.54, 1.807) is 18.2 Å². The summed E-state index contributed by atoms with van der Waals surface area (Å²) in [5, 5.41) is 12.3. The number of carbonyl (C=O) groups is 1. The van der Waals surface area contributed by atoms with Gasteiger partial charge in [0.15, 0.2) is 0 Å². The molecule has 43 heavy (non-hydrogen) atoms. The highest BCUT2D eigenvalue weighted by Crippen LogP contribution is 2.30. The lowest BCUT2D eigenvalue weighted by molar-refractivity contribution is -0.117. The van der Waals surface area contributed by atoms with E-state index in [2.05, 4.69) is 15.0 Å². The molecule has 0 saturated carbocycles. The van der Waals surface area contributed by atoms with Gasteiger partial charge in [-0.15, -0.1) is 0 Å². The molecule has 5 N–H and O–H groups in total. The largest absolute Gasteiger partial charge is 0.395 e. The van der Waals surface area contributed by atoms with E-state index in [9.17, 15) is 35.9 Å². The SMILES string of the molecule is N[C@H](C(=O)Nc1cncc(F)c1CC[C@@H](CO)NS(=O)(=O)c1ccccc1)[C@@H](c1ccc(F)cc1)c1cc(F)cc(F)c1. The summed E-state index contributed by atoms with van der Waals surface area (Å²) in [5.74, 6) is -5.19. The van der Waals surface area contributed by atoms with Gasteiger partial charge in [-0.1, -0.05) is 30.3 Å². The van der Waals surface area contributed by atoms with Crippen molar-refractivity contribution in [2.75, 3.05) is 11.9 Å². The molecule has 0 fully saturated rings. The Labute approximate surface area is 245 Å². The number of pyridine rings is 1. The van der Waals surface area contributed by atoms with Crippen molar-refractivity contribution in [3.8, 4) is 0 Å². The van der Waals surface area contributed by atoms with Crippen molar-refractivity contribution < 1.29 is 35.9 Å². The van der Waals surface area contributed by atoms with Crippen LogP contribution in [0.15, 0.2) is 90.1 Å². The van der Waals surface area contributed by atoms with Gasteiger partial charge in [0.1, 0.15) is 23.3 Å². The van der Waals surface area contributed by atoms with Crippen molar-refractivity contribution >= 4 is 21.6 Å². The van der Waals surface area contributed by atoms with E-state index in [4.69, 9.17) is 5.73 Å². The summed E-state index contributed by atoms with van der Waals surface area (Å²) >= 11 is 0. The maximum absolute atomic E-state index is 14.9. The summed E-state index contributed by atoms with van der Waals surface area (Å²) < 4.78 is 84.5. The van der Waals surface area contributed by atoms with Crippen LogP contribution in [-0.4, -0.2) is 43.1 Å². The van der Waals surface area contributed by atoms with Crippen molar-refractivity contribution in [2.45, 2.75) is 35.7 Å². The number of hydrogen-bond donors (Lipinski definition) is 4. The van der Waals surface area contributed by atoms with Crippen LogP contribution in [-0.2, 0) is 21.2 Å². The van der Waals surface area contributed by atoms with Crippen molar-refractivity contribution in [3.63, 3.8) is 0 Å². The topological polar surface area (TPSA) is 134 Å². The van der Waals surface area contributed by atoms with E-state index < -0.39 is 63.8 Å². The number of benzene rings is 3.